The number of benzene rings is 3. The van der Waals surface area contributed by atoms with E-state index in [9.17, 15) is 13.2 Å². The summed E-state index contributed by atoms with van der Waals surface area (Å²) in [6, 6.07) is 22.4. The monoisotopic (exact) mass is 416 g/mol. The van der Waals surface area contributed by atoms with Crippen LogP contribution in [0.5, 0.6) is 5.75 Å². The van der Waals surface area contributed by atoms with Crippen LogP contribution in [0.4, 0.5) is 0 Å². The molecule has 0 aliphatic carbocycles. The second-order valence-electron chi connectivity index (χ2n) is 5.76. The van der Waals surface area contributed by atoms with E-state index in [1.165, 1.54) is 24.3 Å². The maximum Gasteiger partial charge on any atom is 0.272 e. The predicted molar refractivity (Wildman–Crippen MR) is 107 cm³/mol. The molecule has 0 bridgehead atoms. The first-order valence-electron chi connectivity index (χ1n) is 8.29. The number of para-hydroxylation sites is 1. The average molecular weight is 417 g/mol. The van der Waals surface area contributed by atoms with Gasteiger partial charge in [0.2, 0.25) is 0 Å². The number of ether oxygens (including phenoxy) is 1. The second kappa shape index (κ2) is 8.88. The molecule has 0 unspecified atom stereocenters. The van der Waals surface area contributed by atoms with E-state index in [4.69, 9.17) is 16.3 Å². The van der Waals surface area contributed by atoms with Crippen LogP contribution in [-0.2, 0) is 14.8 Å². The minimum atomic E-state index is -3.90. The fraction of sp³-hybridized carbons (Fsp3) is 0.0500. The smallest absolute Gasteiger partial charge is 0.272 e. The first-order chi connectivity index (χ1) is 13.5. The first kappa shape index (κ1) is 19.9. The van der Waals surface area contributed by atoms with Gasteiger partial charge >= 0.3 is 0 Å². The van der Waals surface area contributed by atoms with Gasteiger partial charge in [-0.15, -0.1) is 4.83 Å². The number of hydrazine groups is 1. The summed E-state index contributed by atoms with van der Waals surface area (Å²) in [6.07, 6.45) is 0. The van der Waals surface area contributed by atoms with Crippen molar-refractivity contribution in [2.24, 2.45) is 0 Å². The lowest BCUT2D eigenvalue weighted by atomic mass is 10.1. The molecule has 3 aromatic rings. The molecule has 0 atom stereocenters. The average Bonchev–Trinajstić information content (AvgIpc) is 2.72. The van der Waals surface area contributed by atoms with Gasteiger partial charge in [-0.1, -0.05) is 60.1 Å². The number of carbonyl (C=O) groups excluding carboxylic acids is 1. The highest BCUT2D eigenvalue weighted by Crippen LogP contribution is 2.29. The molecule has 3 aromatic carbocycles. The topological polar surface area (TPSA) is 84.5 Å². The number of hydrogen-bond donors (Lipinski definition) is 2. The van der Waals surface area contributed by atoms with E-state index in [-0.39, 0.29) is 11.5 Å². The number of halogens is 1. The van der Waals surface area contributed by atoms with Crippen LogP contribution in [0.2, 0.25) is 5.02 Å². The van der Waals surface area contributed by atoms with E-state index in [2.05, 4.69) is 5.43 Å². The second-order valence-corrected chi connectivity index (χ2v) is 7.88. The number of rotatable bonds is 7. The summed E-state index contributed by atoms with van der Waals surface area (Å²) in [5.41, 5.74) is 3.91. The van der Waals surface area contributed by atoms with Gasteiger partial charge < -0.3 is 4.74 Å². The lowest BCUT2D eigenvalue weighted by Crippen LogP contribution is -2.43. The Balaban J connectivity index is 1.60. The molecule has 8 heteroatoms. The fourth-order valence-electron chi connectivity index (χ4n) is 2.42. The molecule has 3 rings (SSSR count). The van der Waals surface area contributed by atoms with Crippen LogP contribution in [0.1, 0.15) is 0 Å². The van der Waals surface area contributed by atoms with Gasteiger partial charge in [-0.3, -0.25) is 10.2 Å². The summed E-state index contributed by atoms with van der Waals surface area (Å²) in [4.78, 5) is 14.0. The quantitative estimate of drug-likeness (QED) is 0.578. The number of carbonyl (C=O) groups is 1. The largest absolute Gasteiger partial charge is 0.483 e. The molecule has 0 saturated carbocycles. The molecule has 0 aliphatic rings. The zero-order valence-electron chi connectivity index (χ0n) is 14.6. The van der Waals surface area contributed by atoms with Crippen molar-refractivity contribution in [2.75, 3.05) is 6.61 Å². The molecule has 2 N–H and O–H groups in total. The number of nitrogens with one attached hydrogen (secondary N) is 2. The SMILES string of the molecule is O=C(COc1ccccc1-c1ccccc1)NNS(=O)(=O)c1ccc(Cl)cc1. The molecular formula is C20H17ClN2O4S. The third-order valence-electron chi connectivity index (χ3n) is 3.78. The van der Waals surface area contributed by atoms with Crippen molar-refractivity contribution in [3.63, 3.8) is 0 Å². The lowest BCUT2D eigenvalue weighted by Gasteiger charge is -2.12. The zero-order valence-corrected chi connectivity index (χ0v) is 16.2. The van der Waals surface area contributed by atoms with Crippen molar-refractivity contribution in [3.05, 3.63) is 83.9 Å². The molecule has 0 fully saturated rings. The van der Waals surface area contributed by atoms with Gasteiger partial charge in [-0.05, 0) is 35.9 Å². The van der Waals surface area contributed by atoms with Crippen molar-refractivity contribution in [1.82, 2.24) is 10.3 Å². The maximum atomic E-state index is 12.2. The predicted octanol–water partition coefficient (Wildman–Crippen LogP) is 3.40. The van der Waals surface area contributed by atoms with Crippen LogP contribution in [0, 0.1) is 0 Å². The highest BCUT2D eigenvalue weighted by Gasteiger charge is 2.15. The van der Waals surface area contributed by atoms with Gasteiger partial charge in [0.05, 0.1) is 4.90 Å². The third kappa shape index (κ3) is 5.10. The molecule has 0 heterocycles. The Bertz CT molecular complexity index is 1060. The van der Waals surface area contributed by atoms with Crippen LogP contribution in [0.3, 0.4) is 0 Å². The highest BCUT2D eigenvalue weighted by atomic mass is 35.5. The standard InChI is InChI=1S/C20H17ClN2O4S/c21-16-10-12-17(13-11-16)28(25,26)23-22-20(24)14-27-19-9-5-4-8-18(19)15-6-2-1-3-7-15/h1-13,23H,14H2,(H,22,24). The van der Waals surface area contributed by atoms with Crippen LogP contribution in [0.25, 0.3) is 11.1 Å². The number of amides is 1. The van der Waals surface area contributed by atoms with Gasteiger partial charge in [0, 0.05) is 10.6 Å². The van der Waals surface area contributed by atoms with Crippen LogP contribution < -0.4 is 15.0 Å². The van der Waals surface area contributed by atoms with Gasteiger partial charge in [0.1, 0.15) is 5.75 Å². The lowest BCUT2D eigenvalue weighted by molar-refractivity contribution is -0.123. The van der Waals surface area contributed by atoms with E-state index in [1.54, 1.807) is 12.1 Å². The van der Waals surface area contributed by atoms with Gasteiger partial charge in [0.25, 0.3) is 15.9 Å². The van der Waals surface area contributed by atoms with Gasteiger partial charge in [0.15, 0.2) is 6.61 Å². The normalized spacial score (nSPS) is 11.0. The molecule has 0 aliphatic heterocycles. The van der Waals surface area contributed by atoms with E-state index in [1.807, 2.05) is 47.3 Å². The highest BCUT2D eigenvalue weighted by molar-refractivity contribution is 7.89. The summed E-state index contributed by atoms with van der Waals surface area (Å²) >= 11 is 5.74. The minimum absolute atomic E-state index is 0.0208. The molecule has 6 nitrogen and oxygen atoms in total. The van der Waals surface area contributed by atoms with E-state index < -0.39 is 15.9 Å². The Morgan fingerprint density at radius 3 is 2.25 bits per heavy atom. The number of sulfonamides is 1. The summed E-state index contributed by atoms with van der Waals surface area (Å²) in [5.74, 6) is -0.121. The minimum Gasteiger partial charge on any atom is -0.483 e. The first-order valence-corrected chi connectivity index (χ1v) is 10.2. The van der Waals surface area contributed by atoms with E-state index >= 15 is 0 Å². The summed E-state index contributed by atoms with van der Waals surface area (Å²) < 4.78 is 29.9. The van der Waals surface area contributed by atoms with Crippen molar-refractivity contribution in [1.29, 1.82) is 0 Å². The van der Waals surface area contributed by atoms with Crippen molar-refractivity contribution < 1.29 is 17.9 Å². The Labute approximate surface area is 168 Å². The molecule has 144 valence electrons. The Kier molecular flexibility index (Phi) is 6.30. The fourth-order valence-corrected chi connectivity index (χ4v) is 3.41. The molecule has 0 aromatic heterocycles. The molecular weight excluding hydrogens is 400 g/mol. The molecule has 28 heavy (non-hydrogen) atoms. The van der Waals surface area contributed by atoms with Crippen molar-refractivity contribution in [3.8, 4) is 16.9 Å². The van der Waals surface area contributed by atoms with Crippen LogP contribution in [0.15, 0.2) is 83.8 Å². The van der Waals surface area contributed by atoms with Crippen molar-refractivity contribution in [2.45, 2.75) is 4.90 Å². The van der Waals surface area contributed by atoms with Crippen LogP contribution in [-0.4, -0.2) is 20.9 Å². The molecule has 0 saturated heterocycles. The molecule has 0 radical (unpaired) electrons. The third-order valence-corrected chi connectivity index (χ3v) is 5.29. The maximum absolute atomic E-state index is 12.2. The van der Waals surface area contributed by atoms with Gasteiger partial charge in [-0.2, -0.15) is 0 Å². The van der Waals surface area contributed by atoms with E-state index in [0.29, 0.717) is 10.8 Å². The zero-order chi connectivity index (χ0) is 20.0. The number of hydrogen-bond acceptors (Lipinski definition) is 4. The van der Waals surface area contributed by atoms with Gasteiger partial charge in [-0.25, -0.2) is 8.42 Å². The summed E-state index contributed by atoms with van der Waals surface area (Å²) in [6.45, 7) is -0.354. The Morgan fingerprint density at radius 2 is 1.54 bits per heavy atom. The van der Waals surface area contributed by atoms with Crippen LogP contribution >= 0.6 is 11.6 Å². The van der Waals surface area contributed by atoms with E-state index in [0.717, 1.165) is 11.1 Å². The summed E-state index contributed by atoms with van der Waals surface area (Å²) in [5, 5.41) is 0.411. The Morgan fingerprint density at radius 1 is 0.893 bits per heavy atom. The molecule has 0 spiro atoms. The van der Waals surface area contributed by atoms with Crippen molar-refractivity contribution >= 4 is 27.5 Å². The summed E-state index contributed by atoms with van der Waals surface area (Å²) in [7, 11) is -3.90. The Hall–Kier alpha value is -2.87. The molecule has 1 amide bonds.